The van der Waals surface area contributed by atoms with Gasteiger partial charge in [-0.2, -0.15) is 0 Å². The highest BCUT2D eigenvalue weighted by molar-refractivity contribution is 7.89. The van der Waals surface area contributed by atoms with E-state index < -0.39 is 44.2 Å². The minimum Gasteiger partial charge on any atom is -0.513 e. The second kappa shape index (κ2) is 11.2. The third-order valence-corrected chi connectivity index (χ3v) is 9.75. The number of hydrogen-bond acceptors (Lipinski definition) is 4. The van der Waals surface area contributed by atoms with E-state index in [0.717, 1.165) is 29.5 Å². The highest BCUT2D eigenvalue weighted by atomic mass is 32.2. The molecule has 1 heterocycles. The number of carbonyl (C=O) groups excluding carboxylic acids is 1. The predicted molar refractivity (Wildman–Crippen MR) is 185 cm³/mol. The van der Waals surface area contributed by atoms with Crippen LogP contribution < -0.4 is 14.8 Å². The third kappa shape index (κ3) is 7.09. The Bertz CT molecular complexity index is 1390. The van der Waals surface area contributed by atoms with Crippen LogP contribution in [0.2, 0.25) is 5.11 Å². The summed E-state index contributed by atoms with van der Waals surface area (Å²) < 4.78 is 47.9. The molecule has 1 saturated carbocycles. The average Bonchev–Trinajstić information content (AvgIpc) is 3.59. The van der Waals surface area contributed by atoms with Crippen molar-refractivity contribution in [2.24, 2.45) is 5.41 Å². The summed E-state index contributed by atoms with van der Waals surface area (Å²) in [7, 11) is 12.0. The molecule has 0 aromatic heterocycles. The quantitative estimate of drug-likeness (QED) is 0.281. The Labute approximate surface area is 251 Å². The summed E-state index contributed by atoms with van der Waals surface area (Å²) in [5, 5.41) is 1.96. The number of sulfonamides is 1. The van der Waals surface area contributed by atoms with Gasteiger partial charge in [-0.1, -0.05) is 48.5 Å². The fraction of sp³-hybridized carbons (Fsp3) is 0.458. The van der Waals surface area contributed by atoms with Crippen molar-refractivity contribution in [2.45, 2.75) is 47.1 Å². The van der Waals surface area contributed by atoms with Crippen LogP contribution in [-0.2, 0) is 16.4 Å². The van der Waals surface area contributed by atoms with Crippen molar-refractivity contribution >= 4 is 78.8 Å². The van der Waals surface area contributed by atoms with Gasteiger partial charge < -0.3 is 15.0 Å². The summed E-state index contributed by atoms with van der Waals surface area (Å²) in [4.78, 5) is 15.7. The topological polar surface area (TPSA) is 87.7 Å². The maximum Gasteiger partial charge on any atom is 0.316 e. The number of nitrogens with zero attached hydrogens (tertiary/aromatic N) is 1. The van der Waals surface area contributed by atoms with Gasteiger partial charge in [0.1, 0.15) is 45.0 Å². The lowest BCUT2D eigenvalue weighted by Gasteiger charge is -2.42. The van der Waals surface area contributed by atoms with Crippen molar-refractivity contribution in [3.63, 3.8) is 0 Å². The van der Waals surface area contributed by atoms with Crippen LogP contribution in [0.4, 0.5) is 9.18 Å². The number of nitrogens with one attached hydrogen (secondary N) is 2. The normalized spacial score (nSPS) is 20.6. The Hall–Kier alpha value is -2.13. The van der Waals surface area contributed by atoms with Gasteiger partial charge in [-0.15, -0.1) is 5.11 Å². The van der Waals surface area contributed by atoms with E-state index in [0.29, 0.717) is 18.7 Å². The molecule has 1 aliphatic carbocycles. The number of likely N-dealkylation sites (tertiary alicyclic amines) is 1. The molecule has 2 fully saturated rings. The molecule has 4 rings (SSSR count). The predicted octanol–water partition coefficient (Wildman–Crippen LogP) is -4.93. The molecule has 0 radical (unpaired) electrons. The molecule has 0 unspecified atom stereocenters. The van der Waals surface area contributed by atoms with Gasteiger partial charge >= 0.3 is 6.03 Å². The molecule has 7 nitrogen and oxygen atoms in total. The molecule has 17 heteroatoms. The summed E-state index contributed by atoms with van der Waals surface area (Å²) >= 11 is 0. The van der Waals surface area contributed by atoms with Crippen molar-refractivity contribution in [3.8, 4) is 16.9 Å². The smallest absolute Gasteiger partial charge is 0.316 e. The van der Waals surface area contributed by atoms with Crippen molar-refractivity contribution in [2.75, 3.05) is 12.6 Å². The largest absolute Gasteiger partial charge is 0.513 e. The lowest BCUT2D eigenvalue weighted by Crippen LogP contribution is -2.62. The van der Waals surface area contributed by atoms with Crippen LogP contribution in [0.3, 0.4) is 0 Å². The molecule has 1 aliphatic heterocycles. The number of hydrogen-bond donors (Lipinski definition) is 2. The number of amides is 2. The maximum atomic E-state index is 13.9. The van der Waals surface area contributed by atoms with Gasteiger partial charge in [-0.25, -0.2) is 22.3 Å². The highest BCUT2D eigenvalue weighted by Crippen LogP contribution is 2.56. The zero-order chi connectivity index (χ0) is 30.4. The van der Waals surface area contributed by atoms with Gasteiger partial charge in [0, 0.05) is 28.9 Å². The van der Waals surface area contributed by atoms with Crippen molar-refractivity contribution in [3.05, 3.63) is 54.1 Å². The summed E-state index contributed by atoms with van der Waals surface area (Å²) in [6.07, 6.45) is 1.88. The first-order chi connectivity index (χ1) is 18.9. The van der Waals surface area contributed by atoms with E-state index in [1.54, 1.807) is 4.90 Å². The minimum absolute atomic E-state index is 0.220. The monoisotopic (exact) mass is 571 g/mol. The number of urea groups is 1. The Morgan fingerprint density at radius 2 is 1.63 bits per heavy atom. The van der Waals surface area contributed by atoms with Gasteiger partial charge in [0.2, 0.25) is 16.0 Å². The van der Waals surface area contributed by atoms with E-state index in [9.17, 15) is 17.6 Å². The van der Waals surface area contributed by atoms with E-state index in [2.05, 4.69) is 33.6 Å². The zero-order valence-electron chi connectivity index (χ0n) is 25.7. The first-order valence-electron chi connectivity index (χ1n) is 14.4. The van der Waals surface area contributed by atoms with E-state index in [1.807, 2.05) is 87.8 Å². The molecule has 1 saturated heterocycles. The fourth-order valence-electron chi connectivity index (χ4n) is 5.42. The zero-order valence-corrected chi connectivity index (χ0v) is 26.5. The Morgan fingerprint density at radius 3 is 2.17 bits per heavy atom. The lowest BCUT2D eigenvalue weighted by molar-refractivity contribution is 0.185. The molecule has 2 aliphatic rings. The first-order valence-corrected chi connectivity index (χ1v) is 16.0. The molecular formula is C24H38B8FN3O4S. The summed E-state index contributed by atoms with van der Waals surface area (Å²) in [5.41, 5.74) is 2.36. The standard InChI is InChI=1S/C24H38B8FN3O4S/c25-22(26,27)23(28,29)34-20(37)36-12-21(9-10-21)19(35-41(38,39)13-33)17(36)11-15-7-4-8-16(14-5-2-1-3-6-14)18(15)40-24(30,31)32/h1-8,17,19,35H,9-13,25-32H2,(H,34,37)/t17-,19+/m0/s1. The van der Waals surface area contributed by atoms with Crippen molar-refractivity contribution < 1.29 is 22.3 Å². The number of para-hydroxylation sites is 1. The van der Waals surface area contributed by atoms with Crippen LogP contribution in [0.25, 0.3) is 11.1 Å². The fourth-order valence-corrected chi connectivity index (χ4v) is 6.28. The Morgan fingerprint density at radius 1 is 1.00 bits per heavy atom. The molecule has 1 spiro atoms. The number of benzene rings is 2. The molecule has 210 valence electrons. The SMILES string of the molecule is BC(B)(B)Oc1c(C[C@H]2[C@@H](NS(=O)(=O)CF)C3(CC3)CN2C(=O)NC(B)(B)C(B)(B)B)cccc1-c1ccccc1. The summed E-state index contributed by atoms with van der Waals surface area (Å²) in [6.45, 7) is 0.400. The number of rotatable bonds is 10. The maximum absolute atomic E-state index is 13.9. The van der Waals surface area contributed by atoms with Gasteiger partial charge in [0.25, 0.3) is 0 Å². The second-order valence-electron chi connectivity index (χ2n) is 14.3. The number of alkyl halides is 1. The van der Waals surface area contributed by atoms with Gasteiger partial charge in [-0.3, -0.25) is 0 Å². The molecule has 0 bridgehead atoms. The molecular weight excluding hydrogens is 532 g/mol. The van der Waals surface area contributed by atoms with Crippen LogP contribution in [0.5, 0.6) is 5.75 Å². The molecule has 2 amide bonds. The molecule has 2 N–H and O–H groups in total. The first kappa shape index (κ1) is 31.8. The highest BCUT2D eigenvalue weighted by Gasteiger charge is 2.61. The molecule has 2 atom stereocenters. The number of ether oxygens (including phenoxy) is 1. The lowest BCUT2D eigenvalue weighted by atomic mass is 9.26. The van der Waals surface area contributed by atoms with Gasteiger partial charge in [0.05, 0.1) is 29.6 Å². The van der Waals surface area contributed by atoms with Gasteiger partial charge in [-0.05, 0) is 35.7 Å². The number of halogens is 1. The van der Waals surface area contributed by atoms with E-state index in [-0.39, 0.29) is 11.1 Å². The third-order valence-electron chi connectivity index (χ3n) is 8.85. The Kier molecular flexibility index (Phi) is 8.67. The second-order valence-corrected chi connectivity index (χ2v) is 15.9. The van der Waals surface area contributed by atoms with E-state index >= 15 is 0 Å². The molecule has 2 aromatic rings. The Balaban J connectivity index is 1.80. The van der Waals surface area contributed by atoms with Crippen LogP contribution >= 0.6 is 0 Å². The van der Waals surface area contributed by atoms with Gasteiger partial charge in [0.15, 0.2) is 0 Å². The summed E-state index contributed by atoms with van der Waals surface area (Å²) in [6, 6.07) is 13.0. The molecule has 2 aromatic carbocycles. The average molecular weight is 570 g/mol. The van der Waals surface area contributed by atoms with Crippen LogP contribution in [0.1, 0.15) is 18.4 Å². The van der Waals surface area contributed by atoms with E-state index in [4.69, 9.17) is 4.74 Å². The van der Waals surface area contributed by atoms with Crippen LogP contribution in [0, 0.1) is 5.41 Å². The van der Waals surface area contributed by atoms with Crippen molar-refractivity contribution in [1.29, 1.82) is 0 Å². The minimum atomic E-state index is -4.16. The van der Waals surface area contributed by atoms with Crippen LogP contribution in [0.15, 0.2) is 48.5 Å². The number of carbonyl (C=O) groups is 1. The summed E-state index contributed by atoms with van der Waals surface area (Å²) in [5.74, 6) is 0.699. The van der Waals surface area contributed by atoms with E-state index in [1.165, 1.54) is 0 Å². The van der Waals surface area contributed by atoms with Crippen LogP contribution in [-0.4, -0.2) is 117 Å². The molecule has 41 heavy (non-hydrogen) atoms. The van der Waals surface area contributed by atoms with Crippen molar-refractivity contribution in [1.82, 2.24) is 14.9 Å².